The lowest BCUT2D eigenvalue weighted by molar-refractivity contribution is 0.177. The molecule has 0 aliphatic rings. The predicted octanol–water partition coefficient (Wildman–Crippen LogP) is 2.17. The van der Waals surface area contributed by atoms with Crippen LogP contribution in [-0.4, -0.2) is 4.98 Å². The van der Waals surface area contributed by atoms with E-state index in [1.165, 1.54) is 0 Å². The van der Waals surface area contributed by atoms with Crippen molar-refractivity contribution in [2.45, 2.75) is 6.61 Å². The molecule has 2 nitrogen and oxygen atoms in total. The number of rotatable bonds is 1. The summed E-state index contributed by atoms with van der Waals surface area (Å²) in [6.07, 6.45) is 1.73. The quantitative estimate of drug-likeness (QED) is 0.626. The van der Waals surface area contributed by atoms with Crippen molar-refractivity contribution in [3.8, 4) is 0 Å². The summed E-state index contributed by atoms with van der Waals surface area (Å²) in [5.41, 5.74) is 1.69. The molecule has 12 heavy (non-hydrogen) atoms. The van der Waals surface area contributed by atoms with Gasteiger partial charge in [-0.3, -0.25) is 4.98 Å². The van der Waals surface area contributed by atoms with Gasteiger partial charge in [-0.05, 0) is 17.7 Å². The average molecular weight is 158 g/mol. The first kappa shape index (κ1) is 7.25. The molecule has 0 saturated heterocycles. The van der Waals surface area contributed by atoms with Gasteiger partial charge in [0.2, 0.25) is 0 Å². The minimum Gasteiger partial charge on any atom is -0.256 e. The van der Waals surface area contributed by atoms with E-state index in [9.17, 15) is 5.11 Å². The smallest absolute Gasteiger partial charge is 0.107 e. The highest BCUT2D eigenvalue weighted by Gasteiger charge is 1.94. The fraction of sp³-hybridized carbons (Fsp3) is 0.100. The Morgan fingerprint density at radius 1 is 1.25 bits per heavy atom. The monoisotopic (exact) mass is 158 g/mol. The molecule has 0 fully saturated rings. The summed E-state index contributed by atoms with van der Waals surface area (Å²) in [6.45, 7) is -0.174. The third kappa shape index (κ3) is 1.17. The number of fused-ring (bicyclic) bond motifs is 1. The van der Waals surface area contributed by atoms with Crippen LogP contribution in [0.2, 0.25) is 0 Å². The summed E-state index contributed by atoms with van der Waals surface area (Å²) in [4.78, 5) is 4.15. The normalized spacial score (nSPS) is 10.4. The molecule has 1 aromatic carbocycles. The van der Waals surface area contributed by atoms with Gasteiger partial charge < -0.3 is 0 Å². The molecule has 0 spiro atoms. The zero-order valence-electron chi connectivity index (χ0n) is 6.53. The molecular weight excluding hydrogens is 150 g/mol. The van der Waals surface area contributed by atoms with E-state index in [0.29, 0.717) is 0 Å². The molecule has 0 unspecified atom stereocenters. The van der Waals surface area contributed by atoms with Crippen molar-refractivity contribution in [1.82, 2.24) is 4.98 Å². The van der Waals surface area contributed by atoms with Crippen LogP contribution in [0.15, 0.2) is 36.5 Å². The number of benzene rings is 1. The SMILES string of the molecule is [O]Cc1ccc2cccnc2c1. The molecule has 2 heteroatoms. The Morgan fingerprint density at radius 2 is 2.17 bits per heavy atom. The second kappa shape index (κ2) is 2.91. The van der Waals surface area contributed by atoms with Crippen molar-refractivity contribution < 1.29 is 5.11 Å². The van der Waals surface area contributed by atoms with Crippen LogP contribution >= 0.6 is 0 Å². The molecule has 2 rings (SSSR count). The standard InChI is InChI=1S/C10H8NO/c12-7-8-3-4-9-2-1-5-11-10(9)6-8/h1-6H,7H2. The van der Waals surface area contributed by atoms with Crippen LogP contribution in [0.1, 0.15) is 5.56 Å². The van der Waals surface area contributed by atoms with Gasteiger partial charge in [0, 0.05) is 11.6 Å². The molecule has 0 saturated carbocycles. The van der Waals surface area contributed by atoms with E-state index in [1.807, 2.05) is 30.3 Å². The van der Waals surface area contributed by atoms with Crippen molar-refractivity contribution in [2.24, 2.45) is 0 Å². The molecule has 1 radical (unpaired) electrons. The fourth-order valence-corrected chi connectivity index (χ4v) is 1.20. The number of nitrogens with zero attached hydrogens (tertiary/aromatic N) is 1. The highest BCUT2D eigenvalue weighted by molar-refractivity contribution is 5.78. The van der Waals surface area contributed by atoms with Crippen molar-refractivity contribution in [2.75, 3.05) is 0 Å². The van der Waals surface area contributed by atoms with Gasteiger partial charge in [-0.15, -0.1) is 0 Å². The molecule has 0 bridgehead atoms. The third-order valence-corrected chi connectivity index (χ3v) is 1.84. The zero-order valence-corrected chi connectivity index (χ0v) is 6.53. The molecule has 0 aliphatic heterocycles. The lowest BCUT2D eigenvalue weighted by Gasteiger charge is -1.97. The van der Waals surface area contributed by atoms with Gasteiger partial charge in [-0.1, -0.05) is 18.2 Å². The first-order valence-corrected chi connectivity index (χ1v) is 3.82. The van der Waals surface area contributed by atoms with E-state index in [4.69, 9.17) is 0 Å². The molecule has 59 valence electrons. The molecule has 2 aromatic rings. The third-order valence-electron chi connectivity index (χ3n) is 1.84. The maximum atomic E-state index is 10.5. The van der Waals surface area contributed by atoms with E-state index >= 15 is 0 Å². The van der Waals surface area contributed by atoms with Crippen molar-refractivity contribution in [3.05, 3.63) is 42.1 Å². The number of pyridine rings is 1. The summed E-state index contributed by atoms with van der Waals surface area (Å²) in [5, 5.41) is 11.6. The predicted molar refractivity (Wildman–Crippen MR) is 46.1 cm³/mol. The Labute approximate surface area is 70.5 Å². The largest absolute Gasteiger partial charge is 0.256 e. The van der Waals surface area contributed by atoms with Gasteiger partial charge in [-0.25, -0.2) is 5.11 Å². The van der Waals surface area contributed by atoms with E-state index in [-0.39, 0.29) is 6.61 Å². The van der Waals surface area contributed by atoms with Crippen LogP contribution in [0.3, 0.4) is 0 Å². The van der Waals surface area contributed by atoms with E-state index < -0.39 is 0 Å². The maximum absolute atomic E-state index is 10.5. The molecule has 0 amide bonds. The molecule has 1 aromatic heterocycles. The van der Waals surface area contributed by atoms with Crippen LogP contribution in [0, 0.1) is 0 Å². The Balaban J connectivity index is 2.67. The van der Waals surface area contributed by atoms with Gasteiger partial charge in [0.15, 0.2) is 0 Å². The molecular formula is C10H8NO. The molecule has 0 atom stereocenters. The van der Waals surface area contributed by atoms with Crippen molar-refractivity contribution >= 4 is 10.9 Å². The van der Waals surface area contributed by atoms with Crippen molar-refractivity contribution in [1.29, 1.82) is 0 Å². The maximum Gasteiger partial charge on any atom is 0.107 e. The molecule has 1 heterocycles. The highest BCUT2D eigenvalue weighted by atomic mass is 16.3. The van der Waals surface area contributed by atoms with E-state index in [2.05, 4.69) is 4.98 Å². The van der Waals surface area contributed by atoms with Gasteiger partial charge in [0.25, 0.3) is 0 Å². The Morgan fingerprint density at radius 3 is 3.00 bits per heavy atom. The second-order valence-corrected chi connectivity index (χ2v) is 2.67. The number of hydrogen-bond donors (Lipinski definition) is 0. The van der Waals surface area contributed by atoms with Crippen molar-refractivity contribution in [3.63, 3.8) is 0 Å². The molecule has 0 aliphatic carbocycles. The van der Waals surface area contributed by atoms with Gasteiger partial charge in [-0.2, -0.15) is 0 Å². The number of aromatic nitrogens is 1. The Bertz CT molecular complexity index is 398. The summed E-state index contributed by atoms with van der Waals surface area (Å²) in [7, 11) is 0. The summed E-state index contributed by atoms with van der Waals surface area (Å²) >= 11 is 0. The minimum absolute atomic E-state index is 0.174. The fourth-order valence-electron chi connectivity index (χ4n) is 1.20. The summed E-state index contributed by atoms with van der Waals surface area (Å²) < 4.78 is 0. The average Bonchev–Trinajstić information content (AvgIpc) is 2.17. The lowest BCUT2D eigenvalue weighted by Crippen LogP contribution is -1.82. The highest BCUT2D eigenvalue weighted by Crippen LogP contribution is 2.12. The van der Waals surface area contributed by atoms with Crippen LogP contribution in [0.4, 0.5) is 0 Å². The Kier molecular flexibility index (Phi) is 1.76. The first-order valence-electron chi connectivity index (χ1n) is 3.82. The minimum atomic E-state index is -0.174. The second-order valence-electron chi connectivity index (χ2n) is 2.67. The van der Waals surface area contributed by atoms with E-state index in [0.717, 1.165) is 16.5 Å². The summed E-state index contributed by atoms with van der Waals surface area (Å²) in [6, 6.07) is 9.48. The van der Waals surface area contributed by atoms with E-state index in [1.54, 1.807) is 6.20 Å². The topological polar surface area (TPSA) is 32.8 Å². The molecule has 0 N–H and O–H groups in total. The van der Waals surface area contributed by atoms with Crippen LogP contribution < -0.4 is 0 Å². The van der Waals surface area contributed by atoms with Crippen LogP contribution in [-0.2, 0) is 11.7 Å². The van der Waals surface area contributed by atoms with Gasteiger partial charge >= 0.3 is 0 Å². The lowest BCUT2D eigenvalue weighted by atomic mass is 10.1. The van der Waals surface area contributed by atoms with Crippen LogP contribution in [0.25, 0.3) is 10.9 Å². The zero-order chi connectivity index (χ0) is 8.39. The van der Waals surface area contributed by atoms with Gasteiger partial charge in [0.05, 0.1) is 5.52 Å². The van der Waals surface area contributed by atoms with Crippen LogP contribution in [0.5, 0.6) is 0 Å². The number of hydrogen-bond acceptors (Lipinski definition) is 1. The summed E-state index contributed by atoms with van der Waals surface area (Å²) in [5.74, 6) is 0. The van der Waals surface area contributed by atoms with Gasteiger partial charge in [0.1, 0.15) is 6.61 Å². The Hall–Kier alpha value is -1.41. The first-order chi connectivity index (χ1) is 5.90.